The van der Waals surface area contributed by atoms with Crippen molar-refractivity contribution in [3.8, 4) is 11.5 Å². The Morgan fingerprint density at radius 3 is 1.35 bits per heavy atom. The van der Waals surface area contributed by atoms with Gasteiger partial charge in [0, 0.05) is 35.6 Å². The lowest BCUT2D eigenvalue weighted by molar-refractivity contribution is -0.138. The lowest BCUT2D eigenvalue weighted by atomic mass is 9.93. The average molecular weight is 1020 g/mol. The van der Waals surface area contributed by atoms with Crippen molar-refractivity contribution < 1.29 is 54.9 Å². The van der Waals surface area contributed by atoms with Gasteiger partial charge in [-0.2, -0.15) is 26.3 Å². The van der Waals surface area contributed by atoms with Crippen LogP contribution in [0.3, 0.4) is 0 Å². The van der Waals surface area contributed by atoms with Crippen LogP contribution in [0.5, 0.6) is 11.5 Å². The number of rotatable bonds is 17. The first kappa shape index (κ1) is 54.3. The van der Waals surface area contributed by atoms with Crippen LogP contribution in [0.4, 0.5) is 37.7 Å². The molecule has 0 unspecified atom stereocenters. The number of alkyl halides is 6. The molecule has 0 saturated carbocycles. The second-order valence-electron chi connectivity index (χ2n) is 17.8. The summed E-state index contributed by atoms with van der Waals surface area (Å²) in [6.07, 6.45) is -4.87. The number of hydrogen-bond acceptors (Lipinski definition) is 8. The Morgan fingerprint density at radius 2 is 0.932 bits per heavy atom. The summed E-state index contributed by atoms with van der Waals surface area (Å²) >= 11 is 0. The van der Waals surface area contributed by atoms with Crippen LogP contribution < -0.4 is 20.1 Å². The monoisotopic (exact) mass is 1020 g/mol. The van der Waals surface area contributed by atoms with Crippen LogP contribution in [-0.4, -0.2) is 38.2 Å². The fourth-order valence-electron chi connectivity index (χ4n) is 9.37. The molecule has 0 saturated heterocycles. The summed E-state index contributed by atoms with van der Waals surface area (Å²) < 4.78 is 105. The van der Waals surface area contributed by atoms with Gasteiger partial charge >= 0.3 is 24.3 Å². The van der Waals surface area contributed by atoms with E-state index in [4.69, 9.17) is 24.7 Å². The second-order valence-corrected chi connectivity index (χ2v) is 17.8. The van der Waals surface area contributed by atoms with Gasteiger partial charge < -0.3 is 29.6 Å². The number of carbonyl (C=O) groups is 2. The third kappa shape index (κ3) is 13.6. The quantitative estimate of drug-likeness (QED) is 0.0548. The van der Waals surface area contributed by atoms with Crippen molar-refractivity contribution in [3.05, 3.63) is 189 Å². The van der Waals surface area contributed by atoms with E-state index in [2.05, 4.69) is 4.90 Å². The predicted octanol–water partition coefficient (Wildman–Crippen LogP) is 15.5. The number of allylic oxidation sites excluding steroid dienone is 4. The first-order chi connectivity index (χ1) is 35.5. The van der Waals surface area contributed by atoms with E-state index in [9.17, 15) is 35.9 Å². The number of hydrogen-bond donors (Lipinski definition) is 1. The number of carbonyl (C=O) groups excluding carboxylic acids is 2. The number of ether oxygens (including phenoxy) is 4. The summed E-state index contributed by atoms with van der Waals surface area (Å²) in [5, 5.41) is 0. The Balaban J connectivity index is 0.000000217. The summed E-state index contributed by atoms with van der Waals surface area (Å²) in [5.41, 5.74) is 14.2. The fraction of sp³-hybridized carbons (Fsp3) is 0.300. The Bertz CT molecular complexity index is 2980. The molecular formula is C60H60F6N2O6. The average Bonchev–Trinajstić information content (AvgIpc) is 4.10. The number of halogens is 6. The number of esters is 2. The zero-order valence-corrected chi connectivity index (χ0v) is 41.9. The highest BCUT2D eigenvalue weighted by Gasteiger charge is 2.34. The Labute approximate surface area is 428 Å². The molecule has 2 aliphatic rings. The van der Waals surface area contributed by atoms with Gasteiger partial charge in [-0.1, -0.05) is 60.7 Å². The summed E-state index contributed by atoms with van der Waals surface area (Å²) in [7, 11) is 0. The van der Waals surface area contributed by atoms with Crippen LogP contribution >= 0.6 is 0 Å². The Morgan fingerprint density at radius 1 is 0.514 bits per heavy atom. The molecule has 0 heterocycles. The second kappa shape index (κ2) is 24.5. The largest absolute Gasteiger partial charge is 0.488 e. The van der Waals surface area contributed by atoms with Gasteiger partial charge in [-0.05, 0) is 184 Å². The molecule has 0 fully saturated rings. The minimum Gasteiger partial charge on any atom is -0.488 e. The van der Waals surface area contributed by atoms with Gasteiger partial charge in [0.2, 0.25) is 0 Å². The van der Waals surface area contributed by atoms with Gasteiger partial charge in [0.05, 0.1) is 35.5 Å². The Hall–Kier alpha value is -7.48. The molecule has 8 nitrogen and oxygen atoms in total. The van der Waals surface area contributed by atoms with E-state index < -0.39 is 35.4 Å². The van der Waals surface area contributed by atoms with Crippen molar-refractivity contribution in [1.82, 2.24) is 0 Å². The van der Waals surface area contributed by atoms with Crippen molar-refractivity contribution >= 4 is 45.6 Å². The number of nitrogen functional groups attached to an aromatic ring is 1. The summed E-state index contributed by atoms with van der Waals surface area (Å²) in [4.78, 5) is 27.2. The van der Waals surface area contributed by atoms with Gasteiger partial charge in [0.1, 0.15) is 24.7 Å². The smallest absolute Gasteiger partial charge is 0.416 e. The van der Waals surface area contributed by atoms with Gasteiger partial charge in [-0.3, -0.25) is 0 Å². The molecule has 14 heteroatoms. The van der Waals surface area contributed by atoms with Crippen molar-refractivity contribution in [2.45, 2.75) is 91.8 Å². The standard InChI is InChI=1S/C32H34F3NO3.C28H26F3NO3/c1-4-36(5-2)26-18-23(17-24(19-26)31(37)38-6-3)27-13-10-14-28(27)29-20-25(32(33,34)35)15-16-30(29)39-21-22-11-8-7-9-12-22;1-2-34-27(33)20-13-19(14-22(32)15-20)23-9-6-10-24(23)25-16-21(28(29,30)31)11-12-26(25)35-17-18-7-4-3-5-8-18/h7-9,11-12,15-20H,4-6,10,13-14,21H2,1-3H3;3-5,7-8,11-16H,2,6,9-10,17,32H2,1H3. The molecular weight excluding hydrogens is 959 g/mol. The topological polar surface area (TPSA) is 100 Å². The van der Waals surface area contributed by atoms with Gasteiger partial charge in [0.15, 0.2) is 0 Å². The highest BCUT2D eigenvalue weighted by Crippen LogP contribution is 2.47. The fourth-order valence-corrected chi connectivity index (χ4v) is 9.37. The van der Waals surface area contributed by atoms with Crippen molar-refractivity contribution in [3.63, 3.8) is 0 Å². The maximum absolute atomic E-state index is 13.8. The number of nitrogens with two attached hydrogens (primary N) is 1. The van der Waals surface area contributed by atoms with E-state index in [0.717, 1.165) is 88.8 Å². The maximum Gasteiger partial charge on any atom is 0.416 e. The van der Waals surface area contributed by atoms with Crippen LogP contribution in [0.25, 0.3) is 22.3 Å². The zero-order chi connectivity index (χ0) is 53.0. The van der Waals surface area contributed by atoms with Gasteiger partial charge in [-0.25, -0.2) is 9.59 Å². The first-order valence-electron chi connectivity index (χ1n) is 24.9. The minimum atomic E-state index is -4.49. The van der Waals surface area contributed by atoms with Crippen LogP contribution in [0.15, 0.2) is 133 Å². The highest BCUT2D eigenvalue weighted by atomic mass is 19.4. The van der Waals surface area contributed by atoms with Crippen molar-refractivity contribution in [2.24, 2.45) is 0 Å². The predicted molar refractivity (Wildman–Crippen MR) is 279 cm³/mol. The SMILES string of the molecule is CCOC(=O)c1cc(C2=C(c3cc(C(F)(F)F)ccc3OCc3ccccc3)CCC2)cc(N(CC)CC)c1.CCOC(=O)c1cc(N)cc(C2=C(c3cc(C(F)(F)F)ccc3OCc3ccccc3)CCC2)c1. The number of nitrogens with zero attached hydrogens (tertiary/aromatic N) is 1. The van der Waals surface area contributed by atoms with Gasteiger partial charge in [-0.15, -0.1) is 0 Å². The van der Waals surface area contributed by atoms with Crippen molar-refractivity contribution in [2.75, 3.05) is 36.9 Å². The van der Waals surface area contributed by atoms with Crippen LogP contribution in [0, 0.1) is 0 Å². The normalized spacial score (nSPS) is 13.6. The molecule has 0 spiro atoms. The molecule has 6 aromatic rings. The summed E-state index contributed by atoms with van der Waals surface area (Å²) in [6.45, 7) is 10.0. The lowest BCUT2D eigenvalue weighted by Crippen LogP contribution is -2.22. The zero-order valence-electron chi connectivity index (χ0n) is 41.9. The molecule has 8 rings (SSSR count). The Kier molecular flexibility index (Phi) is 18.0. The molecule has 0 aromatic heterocycles. The van der Waals surface area contributed by atoms with Gasteiger partial charge in [0.25, 0.3) is 0 Å². The molecule has 0 atom stereocenters. The van der Waals surface area contributed by atoms with E-state index in [1.54, 1.807) is 32.0 Å². The maximum atomic E-state index is 13.8. The van der Waals surface area contributed by atoms with E-state index >= 15 is 0 Å². The van der Waals surface area contributed by atoms with Crippen LogP contribution in [0.2, 0.25) is 0 Å². The molecule has 0 amide bonds. The third-order valence-electron chi connectivity index (χ3n) is 12.9. The molecule has 2 aliphatic carbocycles. The number of anilines is 2. The van der Waals surface area contributed by atoms with E-state index in [1.807, 2.05) is 86.6 Å². The molecule has 0 radical (unpaired) electrons. The van der Waals surface area contributed by atoms with E-state index in [-0.39, 0.29) is 26.4 Å². The third-order valence-corrected chi connectivity index (χ3v) is 12.9. The molecule has 388 valence electrons. The van der Waals surface area contributed by atoms with E-state index in [0.29, 0.717) is 70.7 Å². The van der Waals surface area contributed by atoms with E-state index in [1.165, 1.54) is 24.3 Å². The van der Waals surface area contributed by atoms with Crippen LogP contribution in [-0.2, 0) is 35.0 Å². The van der Waals surface area contributed by atoms with Crippen molar-refractivity contribution in [1.29, 1.82) is 0 Å². The first-order valence-corrected chi connectivity index (χ1v) is 24.9. The summed E-state index contributed by atoms with van der Waals surface area (Å²) in [6, 6.07) is 36.8. The summed E-state index contributed by atoms with van der Waals surface area (Å²) in [5.74, 6) is -0.122. The molecule has 6 aromatic carbocycles. The highest BCUT2D eigenvalue weighted by molar-refractivity contribution is 5.99. The van der Waals surface area contributed by atoms with Crippen LogP contribution in [0.1, 0.15) is 131 Å². The number of benzene rings is 6. The molecule has 0 aliphatic heterocycles. The molecule has 2 N–H and O–H groups in total. The minimum absolute atomic E-state index is 0.225. The molecule has 0 bridgehead atoms. The molecule has 74 heavy (non-hydrogen) atoms. The lowest BCUT2D eigenvalue weighted by Gasteiger charge is -2.23.